The lowest BCUT2D eigenvalue weighted by molar-refractivity contribution is 0.443. The molecule has 0 N–H and O–H groups in total. The van der Waals surface area contributed by atoms with Crippen LogP contribution in [0.15, 0.2) is 218 Å². The van der Waals surface area contributed by atoms with E-state index in [1.54, 1.807) is 0 Å². The van der Waals surface area contributed by atoms with Crippen molar-refractivity contribution in [2.45, 2.75) is 95.3 Å². The van der Waals surface area contributed by atoms with E-state index in [2.05, 4.69) is 242 Å². The zero-order valence-corrected chi connectivity index (χ0v) is 43.4. The van der Waals surface area contributed by atoms with Crippen LogP contribution in [0.2, 0.25) is 0 Å². The van der Waals surface area contributed by atoms with Crippen molar-refractivity contribution in [1.82, 2.24) is 4.57 Å². The molecule has 0 bridgehead atoms. The Morgan fingerprint density at radius 1 is 0.387 bits per heavy atom. The van der Waals surface area contributed by atoms with Crippen molar-refractivity contribution in [3.05, 3.63) is 241 Å². The zero-order chi connectivity index (χ0) is 50.0. The fraction of sp³-hybridized carbons (Fsp3) is 0.205. The summed E-state index contributed by atoms with van der Waals surface area (Å²) in [6, 6.07) is 83.5. The first-order valence-corrected chi connectivity index (χ1v) is 28.0. The summed E-state index contributed by atoms with van der Waals surface area (Å²) in [6.45, 7) is 4.75. The van der Waals surface area contributed by atoms with Crippen LogP contribution in [0.4, 0.5) is 17.1 Å². The van der Waals surface area contributed by atoms with Crippen molar-refractivity contribution < 1.29 is 0 Å². The molecule has 1 heterocycles. The summed E-state index contributed by atoms with van der Waals surface area (Å²) in [4.78, 5) is 2.54. The van der Waals surface area contributed by atoms with Crippen LogP contribution < -0.4 is 4.90 Å². The monoisotopic (exact) mass is 969 g/mol. The van der Waals surface area contributed by atoms with Gasteiger partial charge in [0.1, 0.15) is 0 Å². The standard InChI is InChI=1S/C73H64N2/c1-73(2)67-26-14-11-23-63(67)66-48-60(42-43-68(66)73)74(59-40-37-52(38-41-59)50-19-7-4-8-20-50)71-44-39-55-21-9-10-22-62(55)72(71)56-35-33-54(34-36-56)58-45-57(53-31-29-51(30-32-53)49-17-5-3-6-18-49)46-61(47-58)75-69-27-15-12-24-64(69)65-25-13-16-28-70(65)75/h9-16,21-50H,3-8,17-20H2,1-2H3. The molecular weight excluding hydrogens is 905 g/mol. The molecule has 11 aromatic rings. The summed E-state index contributed by atoms with van der Waals surface area (Å²) in [5.41, 5.74) is 22.7. The largest absolute Gasteiger partial charge is 0.310 e. The molecule has 1 aromatic heterocycles. The Bertz CT molecular complexity index is 3860. The normalized spacial score (nSPS) is 15.6. The van der Waals surface area contributed by atoms with E-state index in [1.807, 2.05) is 0 Å². The zero-order valence-electron chi connectivity index (χ0n) is 43.4. The molecule has 2 fully saturated rings. The summed E-state index contributed by atoms with van der Waals surface area (Å²) in [6.07, 6.45) is 13.2. The molecule has 0 unspecified atom stereocenters. The fourth-order valence-electron chi connectivity index (χ4n) is 13.8. The Labute approximate surface area is 443 Å². The third-order valence-electron chi connectivity index (χ3n) is 17.8. The van der Waals surface area contributed by atoms with Crippen LogP contribution in [0.1, 0.15) is 112 Å². The third kappa shape index (κ3) is 8.00. The van der Waals surface area contributed by atoms with Crippen molar-refractivity contribution in [3.63, 3.8) is 0 Å². The second-order valence-electron chi connectivity index (χ2n) is 22.5. The molecule has 2 nitrogen and oxygen atoms in total. The van der Waals surface area contributed by atoms with Crippen LogP contribution in [0.5, 0.6) is 0 Å². The highest BCUT2D eigenvalue weighted by Crippen LogP contribution is 2.52. The minimum atomic E-state index is -0.0737. The van der Waals surface area contributed by atoms with E-state index in [-0.39, 0.29) is 5.41 Å². The van der Waals surface area contributed by atoms with Crippen molar-refractivity contribution in [2.75, 3.05) is 4.90 Å². The molecule has 0 spiro atoms. The Hall–Kier alpha value is -7.94. The lowest BCUT2D eigenvalue weighted by atomic mass is 9.82. The van der Waals surface area contributed by atoms with Crippen molar-refractivity contribution in [2.24, 2.45) is 0 Å². The van der Waals surface area contributed by atoms with Gasteiger partial charge in [0.2, 0.25) is 0 Å². The SMILES string of the molecule is CC1(C)c2ccccc2-c2cc(N(c3ccc(C4CCCCC4)cc3)c3ccc4ccccc4c3-c3ccc(-c4cc(-c5ccc(C6CCCCC6)cc5)cc(-n5c6ccccc6c6ccccc65)c4)cc3)ccc21. The first-order chi connectivity index (χ1) is 36.9. The number of aromatic nitrogens is 1. The first-order valence-electron chi connectivity index (χ1n) is 28.0. The molecule has 10 aromatic carbocycles. The molecule has 0 atom stereocenters. The molecule has 0 aliphatic heterocycles. The van der Waals surface area contributed by atoms with Gasteiger partial charge < -0.3 is 9.47 Å². The van der Waals surface area contributed by atoms with Crippen LogP contribution in [0.3, 0.4) is 0 Å². The van der Waals surface area contributed by atoms with Crippen LogP contribution in [0.25, 0.3) is 82.8 Å². The van der Waals surface area contributed by atoms with Crippen molar-refractivity contribution >= 4 is 49.6 Å². The second kappa shape index (κ2) is 18.8. The number of hydrogen-bond acceptors (Lipinski definition) is 1. The maximum absolute atomic E-state index is 2.54. The topological polar surface area (TPSA) is 8.17 Å². The van der Waals surface area contributed by atoms with Crippen molar-refractivity contribution in [1.29, 1.82) is 0 Å². The average Bonchev–Trinajstić information content (AvgIpc) is 3.93. The molecule has 366 valence electrons. The molecule has 2 saturated carbocycles. The van der Waals surface area contributed by atoms with Gasteiger partial charge in [0.25, 0.3) is 0 Å². The third-order valence-corrected chi connectivity index (χ3v) is 17.8. The molecule has 0 radical (unpaired) electrons. The van der Waals surface area contributed by atoms with Gasteiger partial charge >= 0.3 is 0 Å². The van der Waals surface area contributed by atoms with E-state index >= 15 is 0 Å². The van der Waals surface area contributed by atoms with Crippen LogP contribution in [0, 0.1) is 0 Å². The summed E-state index contributed by atoms with van der Waals surface area (Å²) in [5.74, 6) is 1.31. The van der Waals surface area contributed by atoms with Crippen LogP contribution in [-0.4, -0.2) is 4.57 Å². The highest BCUT2D eigenvalue weighted by atomic mass is 15.1. The summed E-state index contributed by atoms with van der Waals surface area (Å²) in [5, 5.41) is 5.02. The Morgan fingerprint density at radius 3 is 1.53 bits per heavy atom. The second-order valence-corrected chi connectivity index (χ2v) is 22.5. The van der Waals surface area contributed by atoms with E-state index in [0.717, 1.165) is 0 Å². The predicted octanol–water partition coefficient (Wildman–Crippen LogP) is 20.8. The number of rotatable bonds is 9. The molecule has 2 heteroatoms. The quantitative estimate of drug-likeness (QED) is 0.140. The average molecular weight is 969 g/mol. The molecule has 75 heavy (non-hydrogen) atoms. The van der Waals surface area contributed by atoms with Crippen molar-refractivity contribution in [3.8, 4) is 50.2 Å². The molecular formula is C73H64N2. The number of anilines is 3. The van der Waals surface area contributed by atoms with Gasteiger partial charge in [-0.25, -0.2) is 0 Å². The smallest absolute Gasteiger partial charge is 0.0546 e. The van der Waals surface area contributed by atoms with Crippen LogP contribution in [-0.2, 0) is 5.41 Å². The Kier molecular flexibility index (Phi) is 11.4. The van der Waals surface area contributed by atoms with Gasteiger partial charge in [-0.15, -0.1) is 0 Å². The van der Waals surface area contributed by atoms with E-state index in [0.29, 0.717) is 11.8 Å². The molecule has 0 amide bonds. The van der Waals surface area contributed by atoms with Gasteiger partial charge in [0.05, 0.1) is 16.7 Å². The molecule has 3 aliphatic rings. The number of benzene rings is 10. The van der Waals surface area contributed by atoms with Gasteiger partial charge in [-0.2, -0.15) is 0 Å². The molecule has 3 aliphatic carbocycles. The maximum atomic E-state index is 2.54. The van der Waals surface area contributed by atoms with Crippen LogP contribution >= 0.6 is 0 Å². The fourth-order valence-corrected chi connectivity index (χ4v) is 13.8. The van der Waals surface area contributed by atoms with Gasteiger partial charge in [0.15, 0.2) is 0 Å². The van der Waals surface area contributed by atoms with E-state index in [4.69, 9.17) is 0 Å². The lowest BCUT2D eigenvalue weighted by Gasteiger charge is -2.30. The van der Waals surface area contributed by atoms with Gasteiger partial charge in [-0.05, 0) is 170 Å². The molecule has 0 saturated heterocycles. The van der Waals surface area contributed by atoms with Gasteiger partial charge in [-0.1, -0.05) is 210 Å². The highest BCUT2D eigenvalue weighted by Gasteiger charge is 2.36. The Morgan fingerprint density at radius 2 is 0.893 bits per heavy atom. The minimum Gasteiger partial charge on any atom is -0.310 e. The number of para-hydroxylation sites is 2. The maximum Gasteiger partial charge on any atom is 0.0546 e. The Balaban J connectivity index is 0.919. The number of fused-ring (bicyclic) bond motifs is 7. The molecule has 14 rings (SSSR count). The number of hydrogen-bond donors (Lipinski definition) is 0. The van der Waals surface area contributed by atoms with E-state index in [1.165, 1.54) is 186 Å². The number of nitrogens with zero attached hydrogens (tertiary/aromatic N) is 2. The van der Waals surface area contributed by atoms with Gasteiger partial charge in [-0.3, -0.25) is 0 Å². The lowest BCUT2D eigenvalue weighted by Crippen LogP contribution is -2.15. The summed E-state index contributed by atoms with van der Waals surface area (Å²) >= 11 is 0. The van der Waals surface area contributed by atoms with E-state index < -0.39 is 0 Å². The predicted molar refractivity (Wildman–Crippen MR) is 318 cm³/mol. The summed E-state index contributed by atoms with van der Waals surface area (Å²) < 4.78 is 2.47. The minimum absolute atomic E-state index is 0.0737. The highest BCUT2D eigenvalue weighted by molar-refractivity contribution is 6.10. The van der Waals surface area contributed by atoms with Gasteiger partial charge in [0, 0.05) is 38.8 Å². The van der Waals surface area contributed by atoms with E-state index in [9.17, 15) is 0 Å². The first kappa shape index (κ1) is 45.7. The summed E-state index contributed by atoms with van der Waals surface area (Å²) in [7, 11) is 0.